The molecule has 0 aromatic rings. The van der Waals surface area contributed by atoms with Gasteiger partial charge in [-0.05, 0) is 6.42 Å². The molecule has 2 unspecified atom stereocenters. The largest absolute Gasteiger partial charge is 0.469 e. The third-order valence-corrected chi connectivity index (χ3v) is 1.62. The van der Waals surface area contributed by atoms with Gasteiger partial charge in [0.15, 0.2) is 0 Å². The van der Waals surface area contributed by atoms with Crippen LogP contribution in [0.5, 0.6) is 0 Å². The molecule has 0 aromatic carbocycles. The van der Waals surface area contributed by atoms with Gasteiger partial charge < -0.3 is 10.5 Å². The summed E-state index contributed by atoms with van der Waals surface area (Å²) in [6.45, 7) is 0. The Balaban J connectivity index is 0.000000336. The van der Waals surface area contributed by atoms with Crippen molar-refractivity contribution in [1.82, 2.24) is 0 Å². The maximum absolute atomic E-state index is 10.8. The predicted molar refractivity (Wildman–Crippen MR) is 51.4 cm³/mol. The van der Waals surface area contributed by atoms with Crippen molar-refractivity contribution in [2.24, 2.45) is 11.7 Å². The van der Waals surface area contributed by atoms with Crippen LogP contribution in [0.1, 0.15) is 6.42 Å². The topological polar surface area (TPSA) is 127 Å². The lowest BCUT2D eigenvalue weighted by atomic mass is 10.1. The van der Waals surface area contributed by atoms with Crippen LogP contribution in [0.15, 0.2) is 12.2 Å². The van der Waals surface area contributed by atoms with Crippen molar-refractivity contribution in [3.05, 3.63) is 12.2 Å². The summed E-state index contributed by atoms with van der Waals surface area (Å²) in [7, 11) is -3.28. The molecule has 1 rings (SSSR count). The molecule has 8 heteroatoms. The molecule has 0 saturated carbocycles. The third kappa shape index (κ3) is 8.06. The van der Waals surface area contributed by atoms with E-state index in [0.717, 1.165) is 0 Å². The number of ether oxygens (including phenoxy) is 1. The van der Waals surface area contributed by atoms with Crippen LogP contribution < -0.4 is 5.73 Å². The zero-order valence-corrected chi connectivity index (χ0v) is 8.85. The Bertz CT molecular complexity index is 327. The van der Waals surface area contributed by atoms with Gasteiger partial charge in [-0.2, -0.15) is 8.42 Å². The fourth-order valence-electron chi connectivity index (χ4n) is 1.05. The van der Waals surface area contributed by atoms with Crippen molar-refractivity contribution in [2.75, 3.05) is 7.11 Å². The van der Waals surface area contributed by atoms with Crippen molar-refractivity contribution in [3.63, 3.8) is 0 Å². The smallest absolute Gasteiger partial charge is 0.394 e. The van der Waals surface area contributed by atoms with E-state index in [9.17, 15) is 4.79 Å². The minimum Gasteiger partial charge on any atom is -0.469 e. The minimum absolute atomic E-state index is 0.0316. The first-order valence-corrected chi connectivity index (χ1v) is 5.35. The van der Waals surface area contributed by atoms with Crippen LogP contribution in [-0.4, -0.2) is 36.6 Å². The Labute approximate surface area is 87.5 Å². The summed E-state index contributed by atoms with van der Waals surface area (Å²) >= 11 is 0. The summed E-state index contributed by atoms with van der Waals surface area (Å²) in [4.78, 5) is 10.8. The summed E-state index contributed by atoms with van der Waals surface area (Å²) < 4.78 is 36.1. The van der Waals surface area contributed by atoms with Gasteiger partial charge in [-0.3, -0.25) is 13.9 Å². The Morgan fingerprint density at radius 3 is 2.20 bits per heavy atom. The van der Waals surface area contributed by atoms with Gasteiger partial charge in [-0.25, -0.2) is 0 Å². The average molecular weight is 239 g/mol. The highest BCUT2D eigenvalue weighted by molar-refractivity contribution is 7.79. The van der Waals surface area contributed by atoms with Crippen LogP contribution in [0, 0.1) is 5.92 Å². The lowest BCUT2D eigenvalue weighted by molar-refractivity contribution is -0.143. The van der Waals surface area contributed by atoms with E-state index in [2.05, 4.69) is 4.74 Å². The Kier molecular flexibility index (Phi) is 5.44. The molecule has 0 aromatic heterocycles. The maximum Gasteiger partial charge on any atom is 0.394 e. The van der Waals surface area contributed by atoms with Crippen LogP contribution in [0.2, 0.25) is 0 Å². The lowest BCUT2D eigenvalue weighted by Gasteiger charge is -2.04. The average Bonchev–Trinajstić information content (AvgIpc) is 2.47. The SMILES string of the molecule is COC(=O)C1C=CC(N)C1.O=S(=O)(O)O. The van der Waals surface area contributed by atoms with E-state index in [1.807, 2.05) is 6.08 Å². The molecule has 0 fully saturated rings. The molecular formula is C7H13NO6S. The van der Waals surface area contributed by atoms with Gasteiger partial charge in [0.1, 0.15) is 0 Å². The summed E-state index contributed by atoms with van der Waals surface area (Å²) in [6.07, 6.45) is 4.32. The molecule has 1 aliphatic carbocycles. The summed E-state index contributed by atoms with van der Waals surface area (Å²) in [5.74, 6) is -0.302. The number of hydrogen-bond acceptors (Lipinski definition) is 5. The molecule has 0 amide bonds. The van der Waals surface area contributed by atoms with Crippen molar-refractivity contribution in [1.29, 1.82) is 0 Å². The van der Waals surface area contributed by atoms with Crippen LogP contribution in [0.4, 0.5) is 0 Å². The van der Waals surface area contributed by atoms with Gasteiger partial charge in [0.05, 0.1) is 13.0 Å². The highest BCUT2D eigenvalue weighted by atomic mass is 32.3. The van der Waals surface area contributed by atoms with E-state index in [4.69, 9.17) is 23.3 Å². The van der Waals surface area contributed by atoms with Gasteiger partial charge in [0.25, 0.3) is 0 Å². The highest BCUT2D eigenvalue weighted by Gasteiger charge is 2.22. The number of carbonyl (C=O) groups is 1. The van der Waals surface area contributed by atoms with E-state index in [-0.39, 0.29) is 17.9 Å². The molecule has 2 atom stereocenters. The molecular weight excluding hydrogens is 226 g/mol. The van der Waals surface area contributed by atoms with Gasteiger partial charge >= 0.3 is 16.4 Å². The highest BCUT2D eigenvalue weighted by Crippen LogP contribution is 2.16. The molecule has 0 saturated heterocycles. The molecule has 0 aliphatic heterocycles. The van der Waals surface area contributed by atoms with Gasteiger partial charge in [0, 0.05) is 6.04 Å². The Hall–Kier alpha value is -0.960. The van der Waals surface area contributed by atoms with E-state index >= 15 is 0 Å². The van der Waals surface area contributed by atoms with Crippen LogP contribution in [0.3, 0.4) is 0 Å². The van der Waals surface area contributed by atoms with Crippen LogP contribution >= 0.6 is 0 Å². The number of carbonyl (C=O) groups excluding carboxylic acids is 1. The zero-order chi connectivity index (χ0) is 12.1. The minimum atomic E-state index is -4.67. The standard InChI is InChI=1S/C7H11NO2.H2O4S/c1-10-7(9)5-2-3-6(8)4-5;1-5(2,3)4/h2-3,5-6H,4,8H2,1H3;(H2,1,2,3,4). The second-order valence-electron chi connectivity index (χ2n) is 2.86. The second kappa shape index (κ2) is 5.81. The molecule has 4 N–H and O–H groups in total. The third-order valence-electron chi connectivity index (χ3n) is 1.62. The lowest BCUT2D eigenvalue weighted by Crippen LogP contribution is -2.19. The molecule has 0 spiro atoms. The number of nitrogens with two attached hydrogens (primary N) is 1. The van der Waals surface area contributed by atoms with Crippen molar-refractivity contribution in [2.45, 2.75) is 12.5 Å². The maximum atomic E-state index is 10.8. The summed E-state index contributed by atoms with van der Waals surface area (Å²) in [5.41, 5.74) is 5.52. The fourth-order valence-corrected chi connectivity index (χ4v) is 1.05. The first kappa shape index (κ1) is 14.0. The first-order chi connectivity index (χ1) is 6.74. The molecule has 0 heterocycles. The number of rotatable bonds is 1. The van der Waals surface area contributed by atoms with Crippen molar-refractivity contribution in [3.8, 4) is 0 Å². The van der Waals surface area contributed by atoms with E-state index in [1.54, 1.807) is 6.08 Å². The summed E-state index contributed by atoms with van der Waals surface area (Å²) in [5, 5.41) is 0. The molecule has 0 radical (unpaired) electrons. The Morgan fingerprint density at radius 2 is 1.93 bits per heavy atom. The van der Waals surface area contributed by atoms with Crippen LogP contribution in [0.25, 0.3) is 0 Å². The molecule has 7 nitrogen and oxygen atoms in total. The molecule has 0 bridgehead atoms. The van der Waals surface area contributed by atoms with Gasteiger partial charge in [-0.1, -0.05) is 12.2 Å². The normalized spacial score (nSPS) is 24.3. The summed E-state index contributed by atoms with van der Waals surface area (Å²) in [6, 6.07) is 0.0316. The number of hydrogen-bond donors (Lipinski definition) is 3. The van der Waals surface area contributed by atoms with Gasteiger partial charge in [0.2, 0.25) is 0 Å². The van der Waals surface area contributed by atoms with E-state index in [1.165, 1.54) is 7.11 Å². The number of esters is 1. The quantitative estimate of drug-likeness (QED) is 0.317. The second-order valence-corrected chi connectivity index (χ2v) is 3.76. The zero-order valence-electron chi connectivity index (χ0n) is 8.03. The van der Waals surface area contributed by atoms with E-state index in [0.29, 0.717) is 6.42 Å². The van der Waals surface area contributed by atoms with E-state index < -0.39 is 10.4 Å². The fraction of sp³-hybridized carbons (Fsp3) is 0.571. The first-order valence-electron chi connectivity index (χ1n) is 3.95. The Morgan fingerprint density at radius 1 is 1.47 bits per heavy atom. The van der Waals surface area contributed by atoms with Crippen molar-refractivity contribution >= 4 is 16.4 Å². The molecule has 88 valence electrons. The number of methoxy groups -OCH3 is 1. The monoisotopic (exact) mass is 239 g/mol. The predicted octanol–water partition coefficient (Wildman–Crippen LogP) is -0.590. The molecule has 15 heavy (non-hydrogen) atoms. The van der Waals surface area contributed by atoms with Crippen molar-refractivity contribution < 1.29 is 27.1 Å². The molecule has 1 aliphatic rings. The van der Waals surface area contributed by atoms with Crippen LogP contribution in [-0.2, 0) is 19.9 Å². The van der Waals surface area contributed by atoms with Gasteiger partial charge in [-0.15, -0.1) is 0 Å².